The largest absolute Gasteiger partial charge is 0.355 e. The maximum Gasteiger partial charge on any atom is 0.273 e. The van der Waals surface area contributed by atoms with Gasteiger partial charge in [0, 0.05) is 31.1 Å². The van der Waals surface area contributed by atoms with Gasteiger partial charge >= 0.3 is 0 Å². The first-order valence-corrected chi connectivity index (χ1v) is 10.9. The molecule has 0 spiro atoms. The second-order valence-electron chi connectivity index (χ2n) is 7.67. The van der Waals surface area contributed by atoms with Gasteiger partial charge in [0.1, 0.15) is 6.04 Å². The average Bonchev–Trinajstić information content (AvgIpc) is 2.83. The van der Waals surface area contributed by atoms with Gasteiger partial charge in [0.2, 0.25) is 11.8 Å². The van der Waals surface area contributed by atoms with Gasteiger partial charge < -0.3 is 10.2 Å². The van der Waals surface area contributed by atoms with Gasteiger partial charge in [-0.3, -0.25) is 19.7 Å². The number of hydrogen-bond acceptors (Lipinski definition) is 4. The first kappa shape index (κ1) is 23.7. The molecule has 0 aliphatic carbocycles. The lowest BCUT2D eigenvalue weighted by atomic mass is 10.0. The molecule has 0 aliphatic rings. The Morgan fingerprint density at radius 2 is 1.48 bits per heavy atom. The third-order valence-corrected chi connectivity index (χ3v) is 5.35. The fraction of sp³-hybridized carbons (Fsp3) is 0.231. The highest BCUT2D eigenvalue weighted by Gasteiger charge is 2.31. The van der Waals surface area contributed by atoms with Crippen LogP contribution in [0.3, 0.4) is 0 Å². The van der Waals surface area contributed by atoms with Crippen LogP contribution in [0.4, 0.5) is 5.69 Å². The quantitative estimate of drug-likeness (QED) is 0.378. The maximum atomic E-state index is 13.6. The van der Waals surface area contributed by atoms with E-state index in [0.29, 0.717) is 18.5 Å². The average molecular weight is 446 g/mol. The minimum absolute atomic E-state index is 0.108. The molecule has 7 nitrogen and oxygen atoms in total. The summed E-state index contributed by atoms with van der Waals surface area (Å²) in [6, 6.07) is 24.4. The lowest BCUT2D eigenvalue weighted by Crippen LogP contribution is -2.51. The fourth-order valence-electron chi connectivity index (χ4n) is 3.73. The molecular weight excluding hydrogens is 418 g/mol. The molecular formula is C26H27N3O4. The van der Waals surface area contributed by atoms with E-state index in [0.717, 1.165) is 11.1 Å². The van der Waals surface area contributed by atoms with Crippen LogP contribution in [-0.4, -0.2) is 34.2 Å². The summed E-state index contributed by atoms with van der Waals surface area (Å²) >= 11 is 0. The van der Waals surface area contributed by atoms with E-state index in [-0.39, 0.29) is 30.5 Å². The molecule has 3 aromatic carbocycles. The predicted molar refractivity (Wildman–Crippen MR) is 126 cm³/mol. The molecule has 0 bridgehead atoms. The van der Waals surface area contributed by atoms with Crippen molar-refractivity contribution in [1.29, 1.82) is 0 Å². The van der Waals surface area contributed by atoms with Crippen molar-refractivity contribution in [3.05, 3.63) is 112 Å². The summed E-state index contributed by atoms with van der Waals surface area (Å²) in [7, 11) is 0. The van der Waals surface area contributed by atoms with E-state index in [1.54, 1.807) is 18.2 Å². The van der Waals surface area contributed by atoms with Crippen LogP contribution in [0.25, 0.3) is 0 Å². The zero-order valence-corrected chi connectivity index (χ0v) is 18.5. The second-order valence-corrected chi connectivity index (χ2v) is 7.67. The first-order valence-electron chi connectivity index (χ1n) is 10.9. The molecule has 0 saturated carbocycles. The fourth-order valence-corrected chi connectivity index (χ4v) is 3.73. The number of carbonyl (C=O) groups excluding carboxylic acids is 2. The van der Waals surface area contributed by atoms with Gasteiger partial charge in [-0.05, 0) is 18.1 Å². The number of rotatable bonds is 10. The second kappa shape index (κ2) is 11.6. The SMILES string of the molecule is CCNC(=O)[C@@H](Cc1ccccc1)N(Cc1ccccc1)C(=O)Cc1ccccc1[N+](=O)[O-]. The Hall–Kier alpha value is -4.00. The zero-order valence-electron chi connectivity index (χ0n) is 18.5. The van der Waals surface area contributed by atoms with Crippen molar-refractivity contribution in [1.82, 2.24) is 10.2 Å². The molecule has 0 saturated heterocycles. The molecule has 0 radical (unpaired) electrons. The Labute approximate surface area is 193 Å². The van der Waals surface area contributed by atoms with Crippen molar-refractivity contribution >= 4 is 17.5 Å². The van der Waals surface area contributed by atoms with Crippen LogP contribution in [0.2, 0.25) is 0 Å². The summed E-state index contributed by atoms with van der Waals surface area (Å²) in [5.41, 5.74) is 2.00. The Balaban J connectivity index is 1.97. The molecule has 1 atom stereocenters. The maximum absolute atomic E-state index is 13.6. The van der Waals surface area contributed by atoms with E-state index < -0.39 is 11.0 Å². The molecule has 3 aromatic rings. The van der Waals surface area contributed by atoms with Gasteiger partial charge in [0.05, 0.1) is 11.3 Å². The number of nitrogens with one attached hydrogen (secondary N) is 1. The van der Waals surface area contributed by atoms with Crippen LogP contribution in [0.15, 0.2) is 84.9 Å². The van der Waals surface area contributed by atoms with Gasteiger partial charge in [-0.1, -0.05) is 78.9 Å². The zero-order chi connectivity index (χ0) is 23.6. The number of para-hydroxylation sites is 1. The van der Waals surface area contributed by atoms with Crippen molar-refractivity contribution in [2.45, 2.75) is 32.4 Å². The molecule has 170 valence electrons. The number of nitro benzene ring substituents is 1. The van der Waals surface area contributed by atoms with E-state index in [9.17, 15) is 19.7 Å². The van der Waals surface area contributed by atoms with Gasteiger partial charge in [0.25, 0.3) is 5.69 Å². The number of likely N-dealkylation sites (N-methyl/N-ethyl adjacent to an activating group) is 1. The molecule has 2 amide bonds. The van der Waals surface area contributed by atoms with Crippen molar-refractivity contribution in [3.63, 3.8) is 0 Å². The molecule has 7 heteroatoms. The molecule has 33 heavy (non-hydrogen) atoms. The minimum Gasteiger partial charge on any atom is -0.355 e. The van der Waals surface area contributed by atoms with Gasteiger partial charge in [-0.15, -0.1) is 0 Å². The third-order valence-electron chi connectivity index (χ3n) is 5.35. The normalized spacial score (nSPS) is 11.4. The highest BCUT2D eigenvalue weighted by molar-refractivity contribution is 5.89. The number of benzene rings is 3. The van der Waals surface area contributed by atoms with Crippen LogP contribution in [-0.2, 0) is 29.0 Å². The Kier molecular flexibility index (Phi) is 8.30. The minimum atomic E-state index is -0.761. The number of hydrogen-bond donors (Lipinski definition) is 1. The Bertz CT molecular complexity index is 1090. The molecule has 0 fully saturated rings. The summed E-state index contributed by atoms with van der Waals surface area (Å²) in [5, 5.41) is 14.3. The number of nitrogens with zero attached hydrogens (tertiary/aromatic N) is 2. The van der Waals surface area contributed by atoms with E-state index >= 15 is 0 Å². The first-order chi connectivity index (χ1) is 16.0. The highest BCUT2D eigenvalue weighted by atomic mass is 16.6. The summed E-state index contributed by atoms with van der Waals surface area (Å²) in [5.74, 6) is -0.603. The van der Waals surface area contributed by atoms with Gasteiger partial charge in [0.15, 0.2) is 0 Å². The molecule has 1 N–H and O–H groups in total. The lowest BCUT2D eigenvalue weighted by molar-refractivity contribution is -0.385. The van der Waals surface area contributed by atoms with Crippen LogP contribution in [0.1, 0.15) is 23.6 Å². The standard InChI is InChI=1S/C26H27N3O4/c1-2-27-26(31)24(17-20-11-5-3-6-12-20)28(19-21-13-7-4-8-14-21)25(30)18-22-15-9-10-16-23(22)29(32)33/h3-16,24H,2,17-19H2,1H3,(H,27,31)/t24-/m1/s1. The molecule has 3 rings (SSSR count). The number of amides is 2. The summed E-state index contributed by atoms with van der Waals surface area (Å²) in [6.45, 7) is 2.48. The Morgan fingerprint density at radius 3 is 2.09 bits per heavy atom. The summed E-state index contributed by atoms with van der Waals surface area (Å²) in [6.07, 6.45) is 0.164. The smallest absolute Gasteiger partial charge is 0.273 e. The van der Waals surface area contributed by atoms with Crippen LogP contribution in [0.5, 0.6) is 0 Å². The summed E-state index contributed by atoms with van der Waals surface area (Å²) in [4.78, 5) is 39.1. The summed E-state index contributed by atoms with van der Waals surface area (Å²) < 4.78 is 0. The topological polar surface area (TPSA) is 92.6 Å². The van der Waals surface area contributed by atoms with E-state index in [4.69, 9.17) is 0 Å². The molecule has 0 unspecified atom stereocenters. The third kappa shape index (κ3) is 6.49. The molecule has 0 aromatic heterocycles. The van der Waals surface area contributed by atoms with Crippen molar-refractivity contribution in [2.75, 3.05) is 6.54 Å². The van der Waals surface area contributed by atoms with Crippen molar-refractivity contribution < 1.29 is 14.5 Å². The van der Waals surface area contributed by atoms with E-state index in [1.807, 2.05) is 67.6 Å². The van der Waals surface area contributed by atoms with Crippen molar-refractivity contribution in [2.24, 2.45) is 0 Å². The van der Waals surface area contributed by atoms with E-state index in [1.165, 1.54) is 11.0 Å². The number of nitro groups is 1. The molecule has 0 aliphatic heterocycles. The van der Waals surface area contributed by atoms with Crippen molar-refractivity contribution in [3.8, 4) is 0 Å². The Morgan fingerprint density at radius 1 is 0.909 bits per heavy atom. The van der Waals surface area contributed by atoms with Crippen LogP contribution < -0.4 is 5.32 Å². The highest BCUT2D eigenvalue weighted by Crippen LogP contribution is 2.21. The van der Waals surface area contributed by atoms with Gasteiger partial charge in [-0.25, -0.2) is 0 Å². The number of carbonyl (C=O) groups is 2. The molecule has 0 heterocycles. The van der Waals surface area contributed by atoms with Gasteiger partial charge in [-0.2, -0.15) is 0 Å². The lowest BCUT2D eigenvalue weighted by Gasteiger charge is -2.31. The van der Waals surface area contributed by atoms with Crippen LogP contribution in [0, 0.1) is 10.1 Å². The van der Waals surface area contributed by atoms with Crippen LogP contribution >= 0.6 is 0 Å². The predicted octanol–water partition coefficient (Wildman–Crippen LogP) is 3.91. The van der Waals surface area contributed by atoms with E-state index in [2.05, 4.69) is 5.32 Å². The monoisotopic (exact) mass is 445 g/mol.